The van der Waals surface area contributed by atoms with Crippen molar-refractivity contribution in [3.8, 4) is 0 Å². The molecule has 1 saturated heterocycles. The maximum atomic E-state index is 13.3. The maximum absolute atomic E-state index is 13.3. The number of esters is 1. The van der Waals surface area contributed by atoms with Gasteiger partial charge in [0, 0.05) is 19.2 Å². The molecular formula is C23H27N3O5. The zero-order chi connectivity index (χ0) is 22.4. The Balaban J connectivity index is 1.82. The number of nitro groups is 1. The Morgan fingerprint density at radius 1 is 1.19 bits per heavy atom. The number of nitrogens with zero attached hydrogens (tertiary/aromatic N) is 2. The van der Waals surface area contributed by atoms with Crippen LogP contribution in [-0.2, 0) is 14.3 Å². The quantitative estimate of drug-likeness (QED) is 0.411. The molecule has 8 heteroatoms. The van der Waals surface area contributed by atoms with Crippen LogP contribution in [0.1, 0.15) is 36.9 Å². The number of ether oxygens (including phenoxy) is 1. The fraction of sp³-hybridized carbons (Fsp3) is 0.391. The van der Waals surface area contributed by atoms with E-state index in [2.05, 4.69) is 5.32 Å². The van der Waals surface area contributed by atoms with Gasteiger partial charge in [-0.2, -0.15) is 0 Å². The van der Waals surface area contributed by atoms with Crippen LogP contribution in [0.5, 0.6) is 0 Å². The molecule has 1 heterocycles. The second-order valence-corrected chi connectivity index (χ2v) is 7.64. The van der Waals surface area contributed by atoms with Crippen LogP contribution in [0.25, 0.3) is 0 Å². The lowest BCUT2D eigenvalue weighted by Crippen LogP contribution is -2.43. The van der Waals surface area contributed by atoms with Gasteiger partial charge in [0.2, 0.25) is 5.91 Å². The zero-order valence-electron chi connectivity index (χ0n) is 17.7. The first-order chi connectivity index (χ1) is 14.9. The second kappa shape index (κ2) is 10.2. The van der Waals surface area contributed by atoms with Crippen LogP contribution in [0.15, 0.2) is 48.5 Å². The fourth-order valence-electron chi connectivity index (χ4n) is 3.92. The molecule has 1 amide bonds. The standard InChI is InChI=1S/C23H27N3O5/c1-3-31-23(28)18-11-13-25(14-12-18)21(17-7-5-4-6-8-17)22(27)24-19-10-9-16(2)15-20(19)26(29)30/h4-10,15,18,21H,3,11-14H2,1-2H3,(H,24,27). The number of carbonyl (C=O) groups excluding carboxylic acids is 2. The minimum atomic E-state index is -0.620. The van der Waals surface area contributed by atoms with E-state index in [1.54, 1.807) is 26.0 Å². The monoisotopic (exact) mass is 425 g/mol. The van der Waals surface area contributed by atoms with Crippen molar-refractivity contribution in [1.29, 1.82) is 0 Å². The lowest BCUT2D eigenvalue weighted by Gasteiger charge is -2.36. The average Bonchev–Trinajstić information content (AvgIpc) is 2.76. The predicted octanol–water partition coefficient (Wildman–Crippen LogP) is 3.86. The average molecular weight is 425 g/mol. The zero-order valence-corrected chi connectivity index (χ0v) is 17.7. The van der Waals surface area contributed by atoms with Crippen molar-refractivity contribution in [2.45, 2.75) is 32.7 Å². The fourth-order valence-corrected chi connectivity index (χ4v) is 3.92. The van der Waals surface area contributed by atoms with Crippen molar-refractivity contribution in [3.05, 3.63) is 69.8 Å². The molecule has 1 aliphatic rings. The number of nitro benzene ring substituents is 1. The Morgan fingerprint density at radius 2 is 1.87 bits per heavy atom. The molecule has 1 atom stereocenters. The van der Waals surface area contributed by atoms with Gasteiger partial charge in [-0.15, -0.1) is 0 Å². The molecule has 0 bridgehead atoms. The molecule has 3 rings (SSSR count). The Bertz CT molecular complexity index is 939. The van der Waals surface area contributed by atoms with Gasteiger partial charge in [-0.1, -0.05) is 36.4 Å². The van der Waals surface area contributed by atoms with Crippen LogP contribution < -0.4 is 5.32 Å². The molecule has 0 spiro atoms. The van der Waals surface area contributed by atoms with E-state index in [0.717, 1.165) is 11.1 Å². The third-order valence-corrected chi connectivity index (χ3v) is 5.49. The van der Waals surface area contributed by atoms with Crippen molar-refractivity contribution in [2.24, 2.45) is 5.92 Å². The SMILES string of the molecule is CCOC(=O)C1CCN(C(C(=O)Nc2ccc(C)cc2[N+](=O)[O-])c2ccccc2)CC1. The lowest BCUT2D eigenvalue weighted by molar-refractivity contribution is -0.384. The van der Waals surface area contributed by atoms with Crippen LogP contribution in [0.2, 0.25) is 0 Å². The largest absolute Gasteiger partial charge is 0.466 e. The summed E-state index contributed by atoms with van der Waals surface area (Å²) < 4.78 is 5.13. The number of hydrogen-bond acceptors (Lipinski definition) is 6. The van der Waals surface area contributed by atoms with E-state index in [4.69, 9.17) is 4.74 Å². The molecule has 0 aromatic heterocycles. The summed E-state index contributed by atoms with van der Waals surface area (Å²) in [6, 6.07) is 13.4. The van der Waals surface area contributed by atoms with Crippen LogP contribution in [-0.4, -0.2) is 41.4 Å². The summed E-state index contributed by atoms with van der Waals surface area (Å²) in [6.07, 6.45) is 1.19. The highest BCUT2D eigenvalue weighted by atomic mass is 16.6. The molecule has 1 unspecified atom stereocenters. The summed E-state index contributed by atoms with van der Waals surface area (Å²) in [4.78, 5) is 38.4. The molecule has 31 heavy (non-hydrogen) atoms. The number of amides is 1. The maximum Gasteiger partial charge on any atom is 0.309 e. The normalized spacial score (nSPS) is 15.8. The topological polar surface area (TPSA) is 102 Å². The molecule has 2 aromatic carbocycles. The molecule has 164 valence electrons. The second-order valence-electron chi connectivity index (χ2n) is 7.64. The van der Waals surface area contributed by atoms with E-state index in [-0.39, 0.29) is 29.2 Å². The van der Waals surface area contributed by atoms with Crippen LogP contribution in [0, 0.1) is 23.0 Å². The summed E-state index contributed by atoms with van der Waals surface area (Å²) in [7, 11) is 0. The molecule has 1 fully saturated rings. The van der Waals surface area contributed by atoms with Crippen molar-refractivity contribution in [3.63, 3.8) is 0 Å². The number of aryl methyl sites for hydroxylation is 1. The first-order valence-corrected chi connectivity index (χ1v) is 10.4. The van der Waals surface area contributed by atoms with Gasteiger partial charge in [0.1, 0.15) is 11.7 Å². The number of likely N-dealkylation sites (tertiary alicyclic amines) is 1. The third kappa shape index (κ3) is 5.46. The highest BCUT2D eigenvalue weighted by Gasteiger charge is 2.34. The van der Waals surface area contributed by atoms with Crippen LogP contribution in [0.3, 0.4) is 0 Å². The van der Waals surface area contributed by atoms with Crippen LogP contribution >= 0.6 is 0 Å². The van der Waals surface area contributed by atoms with Gasteiger partial charge in [-0.25, -0.2) is 0 Å². The van der Waals surface area contributed by atoms with E-state index in [0.29, 0.717) is 32.5 Å². The molecule has 8 nitrogen and oxygen atoms in total. The first kappa shape index (κ1) is 22.4. The van der Waals surface area contributed by atoms with E-state index < -0.39 is 11.0 Å². The van der Waals surface area contributed by atoms with Gasteiger partial charge in [0.05, 0.1) is 17.4 Å². The van der Waals surface area contributed by atoms with Crippen molar-refractivity contribution < 1.29 is 19.2 Å². The molecular weight excluding hydrogens is 398 g/mol. The van der Waals surface area contributed by atoms with Crippen molar-refractivity contribution in [2.75, 3.05) is 25.0 Å². The summed E-state index contributed by atoms with van der Waals surface area (Å²) in [5, 5.41) is 14.2. The molecule has 1 N–H and O–H groups in total. The van der Waals surface area contributed by atoms with Gasteiger partial charge in [0.25, 0.3) is 5.69 Å². The Morgan fingerprint density at radius 3 is 2.48 bits per heavy atom. The van der Waals surface area contributed by atoms with Gasteiger partial charge in [-0.3, -0.25) is 24.6 Å². The molecule has 1 aliphatic heterocycles. The van der Waals surface area contributed by atoms with E-state index in [9.17, 15) is 19.7 Å². The lowest BCUT2D eigenvalue weighted by atomic mass is 9.94. The number of hydrogen-bond donors (Lipinski definition) is 1. The molecule has 0 radical (unpaired) electrons. The number of nitrogens with one attached hydrogen (secondary N) is 1. The van der Waals surface area contributed by atoms with E-state index >= 15 is 0 Å². The summed E-state index contributed by atoms with van der Waals surface area (Å²) in [5.41, 5.74) is 1.57. The predicted molar refractivity (Wildman–Crippen MR) is 117 cm³/mol. The Labute approximate surface area is 181 Å². The van der Waals surface area contributed by atoms with Crippen LogP contribution in [0.4, 0.5) is 11.4 Å². The summed E-state index contributed by atoms with van der Waals surface area (Å²) >= 11 is 0. The molecule has 0 aliphatic carbocycles. The molecule has 2 aromatic rings. The van der Waals surface area contributed by atoms with Crippen molar-refractivity contribution >= 4 is 23.3 Å². The number of rotatable bonds is 7. The van der Waals surface area contributed by atoms with Gasteiger partial charge in [0.15, 0.2) is 0 Å². The first-order valence-electron chi connectivity index (χ1n) is 10.4. The summed E-state index contributed by atoms with van der Waals surface area (Å²) in [6.45, 7) is 4.99. The van der Waals surface area contributed by atoms with E-state index in [1.165, 1.54) is 6.07 Å². The number of anilines is 1. The number of benzene rings is 2. The number of carbonyl (C=O) groups is 2. The highest BCUT2D eigenvalue weighted by molar-refractivity contribution is 5.97. The van der Waals surface area contributed by atoms with Gasteiger partial charge >= 0.3 is 5.97 Å². The summed E-state index contributed by atoms with van der Waals surface area (Å²) in [5.74, 6) is -0.709. The van der Waals surface area contributed by atoms with Crippen molar-refractivity contribution in [1.82, 2.24) is 4.90 Å². The smallest absolute Gasteiger partial charge is 0.309 e. The highest BCUT2D eigenvalue weighted by Crippen LogP contribution is 2.31. The minimum Gasteiger partial charge on any atom is -0.466 e. The van der Waals surface area contributed by atoms with Gasteiger partial charge < -0.3 is 10.1 Å². The Kier molecular flexibility index (Phi) is 7.36. The minimum absolute atomic E-state index is 0.138. The third-order valence-electron chi connectivity index (χ3n) is 5.49. The molecule has 0 saturated carbocycles. The van der Waals surface area contributed by atoms with E-state index in [1.807, 2.05) is 35.2 Å². The number of piperidine rings is 1. The Hall–Kier alpha value is -3.26. The van der Waals surface area contributed by atoms with Gasteiger partial charge in [-0.05, 0) is 43.9 Å².